The molecule has 0 spiro atoms. The van der Waals surface area contributed by atoms with E-state index in [1.807, 2.05) is 30.3 Å². The average Bonchev–Trinajstić information content (AvgIpc) is 2.52. The summed E-state index contributed by atoms with van der Waals surface area (Å²) in [6.45, 7) is 0.600. The normalized spacial score (nSPS) is 10.1. The maximum absolute atomic E-state index is 5.75. The molecule has 3 nitrogen and oxygen atoms in total. The minimum atomic E-state index is 0.347. The lowest BCUT2D eigenvalue weighted by Gasteiger charge is -2.11. The summed E-state index contributed by atoms with van der Waals surface area (Å²) >= 11 is 6.71. The highest BCUT2D eigenvalue weighted by molar-refractivity contribution is 7.99. The Labute approximate surface area is 134 Å². The van der Waals surface area contributed by atoms with E-state index in [2.05, 4.69) is 12.1 Å². The number of rotatable bonds is 7. The predicted octanol–water partition coefficient (Wildman–Crippen LogP) is 3.50. The van der Waals surface area contributed by atoms with E-state index in [4.69, 9.17) is 27.4 Å². The Morgan fingerprint density at radius 1 is 1.14 bits per heavy atom. The number of thioether (sulfide) groups is 1. The zero-order valence-corrected chi connectivity index (χ0v) is 13.4. The zero-order valence-electron chi connectivity index (χ0n) is 11.7. The van der Waals surface area contributed by atoms with Gasteiger partial charge in [-0.3, -0.25) is 0 Å². The van der Waals surface area contributed by atoms with Crippen LogP contribution in [0.15, 0.2) is 53.4 Å². The summed E-state index contributed by atoms with van der Waals surface area (Å²) in [7, 11) is 1.60. The standard InChI is InChI=1S/C16H17NO2S2/c1-18-15-11-12(16(17)20)7-8-14(15)19-9-10-21-13-5-3-2-4-6-13/h2-8,11H,9-10H2,1H3,(H2,17,20). The van der Waals surface area contributed by atoms with Crippen LogP contribution in [0.3, 0.4) is 0 Å². The number of methoxy groups -OCH3 is 1. The first-order chi connectivity index (χ1) is 10.2. The van der Waals surface area contributed by atoms with Gasteiger partial charge in [0.25, 0.3) is 0 Å². The summed E-state index contributed by atoms with van der Waals surface area (Å²) in [5, 5.41) is 0. The molecule has 0 amide bonds. The average molecular weight is 319 g/mol. The van der Waals surface area contributed by atoms with Crippen LogP contribution >= 0.6 is 24.0 Å². The van der Waals surface area contributed by atoms with Crippen LogP contribution in [0.25, 0.3) is 0 Å². The monoisotopic (exact) mass is 319 g/mol. The second-order valence-corrected chi connectivity index (χ2v) is 5.85. The van der Waals surface area contributed by atoms with Gasteiger partial charge in [-0.25, -0.2) is 0 Å². The summed E-state index contributed by atoms with van der Waals surface area (Å²) < 4.78 is 11.1. The van der Waals surface area contributed by atoms with Gasteiger partial charge in [-0.1, -0.05) is 30.4 Å². The van der Waals surface area contributed by atoms with Gasteiger partial charge in [0.2, 0.25) is 0 Å². The molecular weight excluding hydrogens is 302 g/mol. The Bertz CT molecular complexity index is 602. The Morgan fingerprint density at radius 2 is 1.90 bits per heavy atom. The first kappa shape index (κ1) is 15.7. The van der Waals surface area contributed by atoms with Crippen molar-refractivity contribution in [3.63, 3.8) is 0 Å². The topological polar surface area (TPSA) is 44.5 Å². The number of nitrogens with two attached hydrogens (primary N) is 1. The van der Waals surface area contributed by atoms with Crippen molar-refractivity contribution >= 4 is 29.0 Å². The number of benzene rings is 2. The fourth-order valence-electron chi connectivity index (χ4n) is 1.77. The molecule has 0 atom stereocenters. The highest BCUT2D eigenvalue weighted by atomic mass is 32.2. The van der Waals surface area contributed by atoms with Gasteiger partial charge < -0.3 is 15.2 Å². The second kappa shape index (κ2) is 7.90. The highest BCUT2D eigenvalue weighted by Gasteiger charge is 2.07. The van der Waals surface area contributed by atoms with Gasteiger partial charge in [0.1, 0.15) is 4.99 Å². The van der Waals surface area contributed by atoms with Crippen LogP contribution in [-0.2, 0) is 0 Å². The van der Waals surface area contributed by atoms with Crippen molar-refractivity contribution in [3.8, 4) is 11.5 Å². The van der Waals surface area contributed by atoms with Gasteiger partial charge in [0.15, 0.2) is 11.5 Å². The van der Waals surface area contributed by atoms with Crippen molar-refractivity contribution in [2.24, 2.45) is 5.73 Å². The summed E-state index contributed by atoms with van der Waals surface area (Å²) in [4.78, 5) is 1.58. The van der Waals surface area contributed by atoms with Crippen molar-refractivity contribution in [1.82, 2.24) is 0 Å². The van der Waals surface area contributed by atoms with Gasteiger partial charge in [-0.2, -0.15) is 0 Å². The molecule has 2 aromatic carbocycles. The van der Waals surface area contributed by atoms with Crippen LogP contribution in [0.5, 0.6) is 11.5 Å². The molecule has 0 heterocycles. The number of thiocarbonyl (C=S) groups is 1. The van der Waals surface area contributed by atoms with E-state index in [-0.39, 0.29) is 0 Å². The fourth-order valence-corrected chi connectivity index (χ4v) is 2.65. The molecule has 0 bridgehead atoms. The summed E-state index contributed by atoms with van der Waals surface area (Å²) in [5.41, 5.74) is 6.38. The van der Waals surface area contributed by atoms with Crippen molar-refractivity contribution < 1.29 is 9.47 Å². The van der Waals surface area contributed by atoms with E-state index in [1.54, 1.807) is 24.9 Å². The molecule has 5 heteroatoms. The molecule has 0 saturated heterocycles. The third kappa shape index (κ3) is 4.65. The molecular formula is C16H17NO2S2. The summed E-state index contributed by atoms with van der Waals surface area (Å²) in [5.74, 6) is 2.21. The molecule has 0 aliphatic carbocycles. The number of ether oxygens (including phenoxy) is 2. The van der Waals surface area contributed by atoms with Gasteiger partial charge in [-0.05, 0) is 30.3 Å². The van der Waals surface area contributed by atoms with E-state index in [9.17, 15) is 0 Å². The van der Waals surface area contributed by atoms with E-state index < -0.39 is 0 Å². The Hall–Kier alpha value is -1.72. The summed E-state index contributed by atoms with van der Waals surface area (Å²) in [6.07, 6.45) is 0. The van der Waals surface area contributed by atoms with Crippen LogP contribution in [0.1, 0.15) is 5.56 Å². The molecule has 0 aliphatic heterocycles. The molecule has 0 fully saturated rings. The Kier molecular flexibility index (Phi) is 5.90. The van der Waals surface area contributed by atoms with Crippen molar-refractivity contribution in [3.05, 3.63) is 54.1 Å². The molecule has 2 aromatic rings. The lowest BCUT2D eigenvalue weighted by Crippen LogP contribution is -2.10. The quantitative estimate of drug-likeness (QED) is 0.481. The maximum Gasteiger partial charge on any atom is 0.161 e. The third-order valence-electron chi connectivity index (χ3n) is 2.80. The van der Waals surface area contributed by atoms with Gasteiger partial charge in [0, 0.05) is 16.2 Å². The molecule has 0 unspecified atom stereocenters. The van der Waals surface area contributed by atoms with Crippen molar-refractivity contribution in [1.29, 1.82) is 0 Å². The largest absolute Gasteiger partial charge is 0.493 e. The van der Waals surface area contributed by atoms with E-state index in [0.717, 1.165) is 11.3 Å². The third-order valence-corrected chi connectivity index (χ3v) is 4.01. The molecule has 2 N–H and O–H groups in total. The van der Waals surface area contributed by atoms with Crippen LogP contribution in [0, 0.1) is 0 Å². The van der Waals surface area contributed by atoms with Crippen LogP contribution in [0.2, 0.25) is 0 Å². The van der Waals surface area contributed by atoms with Crippen LogP contribution in [-0.4, -0.2) is 24.5 Å². The van der Waals surface area contributed by atoms with Crippen LogP contribution < -0.4 is 15.2 Å². The van der Waals surface area contributed by atoms with Gasteiger partial charge in [-0.15, -0.1) is 11.8 Å². The highest BCUT2D eigenvalue weighted by Crippen LogP contribution is 2.28. The minimum Gasteiger partial charge on any atom is -0.493 e. The minimum absolute atomic E-state index is 0.347. The number of hydrogen-bond acceptors (Lipinski definition) is 4. The van der Waals surface area contributed by atoms with Gasteiger partial charge >= 0.3 is 0 Å². The SMILES string of the molecule is COc1cc(C(N)=S)ccc1OCCSc1ccccc1. The Morgan fingerprint density at radius 3 is 2.57 bits per heavy atom. The number of hydrogen-bond donors (Lipinski definition) is 1. The smallest absolute Gasteiger partial charge is 0.161 e. The first-order valence-electron chi connectivity index (χ1n) is 6.49. The van der Waals surface area contributed by atoms with Gasteiger partial charge in [0.05, 0.1) is 13.7 Å². The summed E-state index contributed by atoms with van der Waals surface area (Å²) in [6, 6.07) is 15.7. The molecule has 21 heavy (non-hydrogen) atoms. The fraction of sp³-hybridized carbons (Fsp3) is 0.188. The van der Waals surface area contributed by atoms with Crippen molar-refractivity contribution in [2.45, 2.75) is 4.90 Å². The zero-order chi connectivity index (χ0) is 15.1. The maximum atomic E-state index is 5.75. The molecule has 0 saturated carbocycles. The predicted molar refractivity (Wildman–Crippen MR) is 91.5 cm³/mol. The Balaban J connectivity index is 1.89. The molecule has 2 rings (SSSR count). The molecule has 0 aliphatic rings. The van der Waals surface area contributed by atoms with E-state index in [1.165, 1.54) is 4.90 Å². The lowest BCUT2D eigenvalue weighted by atomic mass is 10.2. The van der Waals surface area contributed by atoms with E-state index >= 15 is 0 Å². The first-order valence-corrected chi connectivity index (χ1v) is 7.88. The van der Waals surface area contributed by atoms with E-state index in [0.29, 0.717) is 23.1 Å². The molecule has 110 valence electrons. The van der Waals surface area contributed by atoms with Crippen LogP contribution in [0.4, 0.5) is 0 Å². The van der Waals surface area contributed by atoms with Crippen molar-refractivity contribution in [2.75, 3.05) is 19.5 Å². The molecule has 0 radical (unpaired) electrons. The second-order valence-electron chi connectivity index (χ2n) is 4.24. The lowest BCUT2D eigenvalue weighted by molar-refractivity contribution is 0.313. The molecule has 0 aromatic heterocycles.